The lowest BCUT2D eigenvalue weighted by Gasteiger charge is -2.31. The van der Waals surface area contributed by atoms with Crippen LogP contribution in [0.15, 0.2) is 41.3 Å². The summed E-state index contributed by atoms with van der Waals surface area (Å²) in [5, 5.41) is 0.155. The second-order valence-corrected chi connectivity index (χ2v) is 8.17. The molecule has 1 heterocycles. The maximum atomic E-state index is 12.7. The molecule has 1 aromatic carbocycles. The lowest BCUT2D eigenvalue weighted by Crippen LogP contribution is -2.36. The van der Waals surface area contributed by atoms with E-state index in [0.717, 1.165) is 10.5 Å². The van der Waals surface area contributed by atoms with E-state index in [4.69, 9.17) is 4.74 Å². The third kappa shape index (κ3) is 3.69. The van der Waals surface area contributed by atoms with Crippen molar-refractivity contribution in [1.82, 2.24) is 0 Å². The number of rotatable bonds is 4. The van der Waals surface area contributed by atoms with Gasteiger partial charge in [0.25, 0.3) is 0 Å². The Bertz CT molecular complexity index is 640. The van der Waals surface area contributed by atoms with Gasteiger partial charge in [-0.05, 0) is 44.7 Å². The predicted molar refractivity (Wildman–Crippen MR) is 93.4 cm³/mol. The number of carbonyl (C=O) groups is 2. The highest BCUT2D eigenvalue weighted by Crippen LogP contribution is 2.51. The van der Waals surface area contributed by atoms with Gasteiger partial charge in [-0.1, -0.05) is 49.9 Å². The minimum atomic E-state index is -0.570. The lowest BCUT2D eigenvalue weighted by atomic mass is 9.70. The van der Waals surface area contributed by atoms with Crippen LogP contribution in [0.1, 0.15) is 46.6 Å². The van der Waals surface area contributed by atoms with Gasteiger partial charge in [-0.25, -0.2) is 4.79 Å². The van der Waals surface area contributed by atoms with Crippen LogP contribution in [0.25, 0.3) is 0 Å². The zero-order valence-corrected chi connectivity index (χ0v) is 15.2. The minimum Gasteiger partial charge on any atom is -0.457 e. The molecule has 0 saturated carbocycles. The molecule has 23 heavy (non-hydrogen) atoms. The van der Waals surface area contributed by atoms with Crippen molar-refractivity contribution in [2.45, 2.75) is 57.0 Å². The first-order valence-corrected chi connectivity index (χ1v) is 8.70. The van der Waals surface area contributed by atoms with E-state index in [2.05, 4.69) is 13.8 Å². The van der Waals surface area contributed by atoms with Crippen molar-refractivity contribution in [1.29, 1.82) is 0 Å². The second kappa shape index (κ2) is 6.52. The van der Waals surface area contributed by atoms with Crippen LogP contribution in [0, 0.1) is 5.92 Å². The molecular formula is C19H24O3S. The Hall–Kier alpha value is -1.55. The first-order chi connectivity index (χ1) is 10.7. The fraction of sp³-hybridized carbons (Fsp3) is 0.474. The molecule has 1 aromatic rings. The average molecular weight is 332 g/mol. The Morgan fingerprint density at radius 2 is 1.96 bits per heavy atom. The molecule has 0 saturated heterocycles. The summed E-state index contributed by atoms with van der Waals surface area (Å²) in [6.45, 7) is 9.62. The molecule has 4 heteroatoms. The number of esters is 1. The number of allylic oxidation sites excluding steroid dienone is 1. The van der Waals surface area contributed by atoms with Gasteiger partial charge in [0.1, 0.15) is 5.60 Å². The SMILES string of the molecule is CC(C)[C@]1(C/C=C\C(=O)OC(C)(C)C)C(=O)Sc2ccccc21. The average Bonchev–Trinajstić information content (AvgIpc) is 2.70. The van der Waals surface area contributed by atoms with Crippen molar-refractivity contribution in [2.75, 3.05) is 0 Å². The highest BCUT2D eigenvalue weighted by molar-refractivity contribution is 8.14. The highest BCUT2D eigenvalue weighted by Gasteiger charge is 2.48. The monoisotopic (exact) mass is 332 g/mol. The van der Waals surface area contributed by atoms with E-state index in [1.165, 1.54) is 17.8 Å². The first kappa shape index (κ1) is 17.8. The maximum Gasteiger partial charge on any atom is 0.330 e. The fourth-order valence-corrected chi connectivity index (χ4v) is 4.20. The minimum absolute atomic E-state index is 0.148. The van der Waals surface area contributed by atoms with Gasteiger partial charge in [-0.2, -0.15) is 0 Å². The molecule has 0 fully saturated rings. The maximum absolute atomic E-state index is 12.7. The summed E-state index contributed by atoms with van der Waals surface area (Å²) in [7, 11) is 0. The van der Waals surface area contributed by atoms with Gasteiger partial charge < -0.3 is 4.74 Å². The van der Waals surface area contributed by atoms with Gasteiger partial charge in [-0.3, -0.25) is 4.79 Å². The van der Waals surface area contributed by atoms with Crippen LogP contribution in [-0.2, 0) is 19.7 Å². The van der Waals surface area contributed by atoms with Crippen LogP contribution in [0.4, 0.5) is 0 Å². The van der Waals surface area contributed by atoms with Crippen LogP contribution < -0.4 is 0 Å². The lowest BCUT2D eigenvalue weighted by molar-refractivity contribution is -0.148. The van der Waals surface area contributed by atoms with Gasteiger partial charge in [0.15, 0.2) is 0 Å². The van der Waals surface area contributed by atoms with Crippen molar-refractivity contribution < 1.29 is 14.3 Å². The molecule has 124 valence electrons. The summed E-state index contributed by atoms with van der Waals surface area (Å²) in [5.41, 5.74) is -0.0124. The van der Waals surface area contributed by atoms with E-state index in [-0.39, 0.29) is 17.0 Å². The Labute approximate surface area is 142 Å². The van der Waals surface area contributed by atoms with Gasteiger partial charge in [-0.15, -0.1) is 0 Å². The Kier molecular flexibility index (Phi) is 5.04. The van der Waals surface area contributed by atoms with E-state index in [1.54, 1.807) is 6.08 Å². The van der Waals surface area contributed by atoms with Crippen molar-refractivity contribution in [2.24, 2.45) is 5.92 Å². The summed E-state index contributed by atoms with van der Waals surface area (Å²) < 4.78 is 5.28. The largest absolute Gasteiger partial charge is 0.457 e. The highest BCUT2D eigenvalue weighted by atomic mass is 32.2. The molecule has 0 spiro atoms. The molecule has 0 radical (unpaired) electrons. The molecule has 2 rings (SSSR count). The molecule has 1 aliphatic rings. The van der Waals surface area contributed by atoms with E-state index >= 15 is 0 Å². The molecule has 0 amide bonds. The van der Waals surface area contributed by atoms with Crippen LogP contribution in [0.5, 0.6) is 0 Å². The topological polar surface area (TPSA) is 43.4 Å². The zero-order chi connectivity index (χ0) is 17.3. The molecule has 1 aliphatic heterocycles. The van der Waals surface area contributed by atoms with Gasteiger partial charge >= 0.3 is 5.97 Å². The van der Waals surface area contributed by atoms with Gasteiger partial charge in [0.2, 0.25) is 5.12 Å². The number of thioether (sulfide) groups is 1. The van der Waals surface area contributed by atoms with E-state index in [0.29, 0.717) is 6.42 Å². The Morgan fingerprint density at radius 1 is 1.30 bits per heavy atom. The zero-order valence-electron chi connectivity index (χ0n) is 14.4. The number of hydrogen-bond donors (Lipinski definition) is 0. The Morgan fingerprint density at radius 3 is 2.57 bits per heavy atom. The van der Waals surface area contributed by atoms with Crippen molar-refractivity contribution in [3.05, 3.63) is 42.0 Å². The molecule has 0 N–H and O–H groups in total. The van der Waals surface area contributed by atoms with Crippen molar-refractivity contribution >= 4 is 22.8 Å². The summed E-state index contributed by atoms with van der Waals surface area (Å²) >= 11 is 1.31. The number of hydrogen-bond acceptors (Lipinski definition) is 4. The molecule has 0 unspecified atom stereocenters. The van der Waals surface area contributed by atoms with Crippen molar-refractivity contribution in [3.63, 3.8) is 0 Å². The number of ether oxygens (including phenoxy) is 1. The number of benzene rings is 1. The molecular weight excluding hydrogens is 308 g/mol. The predicted octanol–water partition coefficient (Wildman–Crippen LogP) is 4.50. The first-order valence-electron chi connectivity index (χ1n) is 7.88. The van der Waals surface area contributed by atoms with Crippen LogP contribution in [-0.4, -0.2) is 16.7 Å². The van der Waals surface area contributed by atoms with Crippen LogP contribution >= 0.6 is 11.8 Å². The summed E-state index contributed by atoms with van der Waals surface area (Å²) in [6, 6.07) is 7.92. The molecule has 0 aromatic heterocycles. The van der Waals surface area contributed by atoms with E-state index < -0.39 is 11.0 Å². The number of fused-ring (bicyclic) bond motifs is 1. The van der Waals surface area contributed by atoms with E-state index in [9.17, 15) is 9.59 Å². The second-order valence-electron chi connectivity index (χ2n) is 7.15. The molecule has 1 atom stereocenters. The van der Waals surface area contributed by atoms with Gasteiger partial charge in [0.05, 0.1) is 5.41 Å². The third-order valence-electron chi connectivity index (χ3n) is 4.02. The van der Waals surface area contributed by atoms with Crippen molar-refractivity contribution in [3.8, 4) is 0 Å². The van der Waals surface area contributed by atoms with Crippen LogP contribution in [0.2, 0.25) is 0 Å². The molecule has 0 aliphatic carbocycles. The van der Waals surface area contributed by atoms with Gasteiger partial charge in [0, 0.05) is 11.0 Å². The van der Waals surface area contributed by atoms with Crippen LogP contribution in [0.3, 0.4) is 0 Å². The smallest absolute Gasteiger partial charge is 0.330 e. The number of carbonyl (C=O) groups excluding carboxylic acids is 2. The molecule has 3 nitrogen and oxygen atoms in total. The quantitative estimate of drug-likeness (QED) is 0.601. The normalized spacial score (nSPS) is 21.0. The summed E-state index contributed by atoms with van der Waals surface area (Å²) in [6.07, 6.45) is 3.72. The Balaban J connectivity index is 2.24. The van der Waals surface area contributed by atoms with E-state index in [1.807, 2.05) is 45.0 Å². The fourth-order valence-electron chi connectivity index (χ4n) is 2.88. The third-order valence-corrected chi connectivity index (χ3v) is 5.15. The standard InChI is InChI=1S/C19H24O3S/c1-13(2)19(12-8-11-16(20)22-18(3,4)5)14-9-6-7-10-15(14)23-17(19)21/h6-11,13H,12H2,1-5H3/b11-8-/t19-/m0/s1. The summed E-state index contributed by atoms with van der Waals surface area (Å²) in [5.74, 6) is -0.225. The summed E-state index contributed by atoms with van der Waals surface area (Å²) in [4.78, 5) is 25.6. The molecule has 0 bridgehead atoms.